The van der Waals surface area contributed by atoms with Gasteiger partial charge in [-0.05, 0) is 61.1 Å². The van der Waals surface area contributed by atoms with Crippen LogP contribution in [0.4, 0.5) is 0 Å². The lowest BCUT2D eigenvalue weighted by Crippen LogP contribution is -2.04. The van der Waals surface area contributed by atoms with Gasteiger partial charge in [0.15, 0.2) is 5.78 Å². The molecule has 0 bridgehead atoms. The van der Waals surface area contributed by atoms with Crippen LogP contribution in [0.3, 0.4) is 0 Å². The lowest BCUT2D eigenvalue weighted by molar-refractivity contribution is -0.137. The quantitative estimate of drug-likeness (QED) is 0.343. The Balaban J connectivity index is 1.98. The average molecular weight is 388 g/mol. The highest BCUT2D eigenvalue weighted by atomic mass is 32.2. The van der Waals surface area contributed by atoms with E-state index >= 15 is 0 Å². The Labute approximate surface area is 163 Å². The molecule has 1 N–H and O–H groups in total. The number of rotatable bonds is 11. The minimum Gasteiger partial charge on any atom is -0.497 e. The van der Waals surface area contributed by atoms with E-state index in [1.807, 2.05) is 12.1 Å². The lowest BCUT2D eigenvalue weighted by Gasteiger charge is -2.10. The second-order valence-electron chi connectivity index (χ2n) is 5.97. The van der Waals surface area contributed by atoms with Crippen LogP contribution in [0.15, 0.2) is 47.4 Å². The van der Waals surface area contributed by atoms with Crippen LogP contribution < -0.4 is 9.47 Å². The van der Waals surface area contributed by atoms with E-state index in [1.165, 1.54) is 0 Å². The third kappa shape index (κ3) is 6.32. The van der Waals surface area contributed by atoms with Crippen LogP contribution in [0, 0.1) is 0 Å². The first kappa shape index (κ1) is 20.8. The smallest absolute Gasteiger partial charge is 0.303 e. The molecule has 0 heterocycles. The maximum atomic E-state index is 12.7. The molecule has 5 nitrogen and oxygen atoms in total. The summed E-state index contributed by atoms with van der Waals surface area (Å²) in [6, 6.07) is 12.6. The predicted molar refractivity (Wildman–Crippen MR) is 106 cm³/mol. The number of hydrogen-bond donors (Lipinski definition) is 1. The molecule has 0 aromatic heterocycles. The topological polar surface area (TPSA) is 72.8 Å². The number of aliphatic carboxylic acids is 1. The van der Waals surface area contributed by atoms with Gasteiger partial charge in [0.05, 0.1) is 19.8 Å². The number of unbranched alkanes of at least 4 members (excludes halogenated alkanes) is 2. The normalized spacial score (nSPS) is 10.4. The minimum absolute atomic E-state index is 0.0975. The summed E-state index contributed by atoms with van der Waals surface area (Å²) in [7, 11) is 3.14. The molecule has 2 aromatic carbocycles. The highest BCUT2D eigenvalue weighted by Crippen LogP contribution is 2.29. The van der Waals surface area contributed by atoms with Crippen molar-refractivity contribution in [2.75, 3.05) is 20.0 Å². The molecule has 0 fully saturated rings. The molecule has 2 rings (SSSR count). The first-order valence-electron chi connectivity index (χ1n) is 8.76. The van der Waals surface area contributed by atoms with Gasteiger partial charge in [-0.3, -0.25) is 9.59 Å². The van der Waals surface area contributed by atoms with E-state index in [2.05, 4.69) is 0 Å². The summed E-state index contributed by atoms with van der Waals surface area (Å²) in [4.78, 5) is 24.3. The maximum Gasteiger partial charge on any atom is 0.303 e. The van der Waals surface area contributed by atoms with Crippen LogP contribution in [0.2, 0.25) is 0 Å². The number of carbonyl (C=O) groups is 2. The Hall–Kier alpha value is -2.47. The molecule has 0 atom stereocenters. The number of methoxy groups -OCH3 is 2. The monoisotopic (exact) mass is 388 g/mol. The van der Waals surface area contributed by atoms with Crippen LogP contribution in [0.5, 0.6) is 11.5 Å². The molecule has 6 heteroatoms. The fraction of sp³-hybridized carbons (Fsp3) is 0.333. The standard InChI is InChI=1S/C21H24O5S/c1-25-16-9-7-15(8-10-16)21(24)18-12-11-17(14-19(18)26-2)27-13-5-3-4-6-20(22)23/h7-12,14H,3-6,13H2,1-2H3,(H,22,23). The molecule has 0 unspecified atom stereocenters. The van der Waals surface area contributed by atoms with E-state index in [-0.39, 0.29) is 12.2 Å². The van der Waals surface area contributed by atoms with Crippen molar-refractivity contribution in [3.05, 3.63) is 53.6 Å². The predicted octanol–water partition coefficient (Wildman–Crippen LogP) is 4.67. The zero-order chi connectivity index (χ0) is 19.6. The van der Waals surface area contributed by atoms with Crippen molar-refractivity contribution in [2.24, 2.45) is 0 Å². The van der Waals surface area contributed by atoms with E-state index < -0.39 is 5.97 Å². The Kier molecular flexibility index (Phi) is 8.20. The summed E-state index contributed by atoms with van der Waals surface area (Å²) < 4.78 is 10.5. The largest absolute Gasteiger partial charge is 0.497 e. The van der Waals surface area contributed by atoms with E-state index in [0.29, 0.717) is 29.0 Å². The van der Waals surface area contributed by atoms with Crippen molar-refractivity contribution in [1.82, 2.24) is 0 Å². The molecule has 27 heavy (non-hydrogen) atoms. The van der Waals surface area contributed by atoms with Crippen LogP contribution in [-0.2, 0) is 4.79 Å². The van der Waals surface area contributed by atoms with Gasteiger partial charge in [-0.15, -0.1) is 11.8 Å². The minimum atomic E-state index is -0.746. The van der Waals surface area contributed by atoms with Crippen molar-refractivity contribution in [3.63, 3.8) is 0 Å². The highest BCUT2D eigenvalue weighted by Gasteiger charge is 2.15. The summed E-state index contributed by atoms with van der Waals surface area (Å²) in [6.07, 6.45) is 2.77. The number of carbonyl (C=O) groups excluding carboxylic acids is 1. The van der Waals surface area contributed by atoms with Crippen LogP contribution in [0.25, 0.3) is 0 Å². The number of ketones is 1. The van der Waals surface area contributed by atoms with E-state index in [4.69, 9.17) is 14.6 Å². The van der Waals surface area contributed by atoms with Gasteiger partial charge in [-0.1, -0.05) is 6.42 Å². The van der Waals surface area contributed by atoms with Gasteiger partial charge in [0, 0.05) is 16.9 Å². The SMILES string of the molecule is COc1ccc(C(=O)c2ccc(SCCCCCC(=O)O)cc2OC)cc1. The Morgan fingerprint density at radius 3 is 2.33 bits per heavy atom. The fourth-order valence-electron chi connectivity index (χ4n) is 2.59. The van der Waals surface area contributed by atoms with Gasteiger partial charge in [-0.2, -0.15) is 0 Å². The zero-order valence-electron chi connectivity index (χ0n) is 15.6. The van der Waals surface area contributed by atoms with Crippen molar-refractivity contribution >= 4 is 23.5 Å². The number of carboxylic acid groups (broad SMARTS) is 1. The Bertz CT molecular complexity index is 771. The molecule has 2 aromatic rings. The number of ether oxygens (including phenoxy) is 2. The summed E-state index contributed by atoms with van der Waals surface area (Å²) in [5.74, 6) is 1.30. The third-order valence-electron chi connectivity index (χ3n) is 4.07. The van der Waals surface area contributed by atoms with Gasteiger partial charge in [0.2, 0.25) is 0 Å². The van der Waals surface area contributed by atoms with Gasteiger partial charge < -0.3 is 14.6 Å². The number of benzene rings is 2. The third-order valence-corrected chi connectivity index (χ3v) is 5.15. The van der Waals surface area contributed by atoms with E-state index in [9.17, 15) is 9.59 Å². The second kappa shape index (κ2) is 10.6. The molecule has 0 spiro atoms. The van der Waals surface area contributed by atoms with Crippen LogP contribution >= 0.6 is 11.8 Å². The van der Waals surface area contributed by atoms with Gasteiger partial charge in [-0.25, -0.2) is 0 Å². The molecule has 0 aliphatic carbocycles. The fourth-order valence-corrected chi connectivity index (χ4v) is 3.53. The van der Waals surface area contributed by atoms with Crippen molar-refractivity contribution in [3.8, 4) is 11.5 Å². The Morgan fingerprint density at radius 2 is 1.70 bits per heavy atom. The molecular formula is C21H24O5S. The molecule has 0 amide bonds. The second-order valence-corrected chi connectivity index (χ2v) is 7.14. The van der Waals surface area contributed by atoms with Crippen LogP contribution in [0.1, 0.15) is 41.6 Å². The molecular weight excluding hydrogens is 364 g/mol. The number of hydrogen-bond acceptors (Lipinski definition) is 5. The molecule has 0 saturated heterocycles. The van der Waals surface area contributed by atoms with Gasteiger partial charge in [0.1, 0.15) is 11.5 Å². The van der Waals surface area contributed by atoms with E-state index in [1.54, 1.807) is 56.3 Å². The average Bonchev–Trinajstić information content (AvgIpc) is 2.69. The summed E-state index contributed by atoms with van der Waals surface area (Å²) >= 11 is 1.67. The summed E-state index contributed by atoms with van der Waals surface area (Å²) in [6.45, 7) is 0. The molecule has 0 radical (unpaired) electrons. The Morgan fingerprint density at radius 1 is 0.963 bits per heavy atom. The molecule has 0 aliphatic heterocycles. The van der Waals surface area contributed by atoms with Crippen molar-refractivity contribution in [1.29, 1.82) is 0 Å². The van der Waals surface area contributed by atoms with Crippen molar-refractivity contribution < 1.29 is 24.2 Å². The number of carboxylic acids is 1. The maximum absolute atomic E-state index is 12.7. The summed E-state index contributed by atoms with van der Waals surface area (Å²) in [5.41, 5.74) is 1.10. The molecule has 0 aliphatic rings. The van der Waals surface area contributed by atoms with Crippen LogP contribution in [-0.4, -0.2) is 36.8 Å². The first-order valence-corrected chi connectivity index (χ1v) is 9.75. The molecule has 144 valence electrons. The van der Waals surface area contributed by atoms with Crippen molar-refractivity contribution in [2.45, 2.75) is 30.6 Å². The number of thioether (sulfide) groups is 1. The zero-order valence-corrected chi connectivity index (χ0v) is 16.4. The van der Waals surface area contributed by atoms with Gasteiger partial charge in [0.25, 0.3) is 0 Å². The molecule has 0 saturated carbocycles. The first-order chi connectivity index (χ1) is 13.0. The van der Waals surface area contributed by atoms with E-state index in [0.717, 1.165) is 23.5 Å². The highest BCUT2D eigenvalue weighted by molar-refractivity contribution is 7.99. The summed E-state index contributed by atoms with van der Waals surface area (Å²) in [5, 5.41) is 8.63. The lowest BCUT2D eigenvalue weighted by atomic mass is 10.0. The van der Waals surface area contributed by atoms with Gasteiger partial charge >= 0.3 is 5.97 Å².